The van der Waals surface area contributed by atoms with Gasteiger partial charge in [0.15, 0.2) is 0 Å². The normalized spacial score (nSPS) is 11.1. The van der Waals surface area contributed by atoms with Crippen LogP contribution in [0.2, 0.25) is 0 Å². The van der Waals surface area contributed by atoms with E-state index in [9.17, 15) is 13.2 Å². The van der Waals surface area contributed by atoms with Crippen LogP contribution in [-0.4, -0.2) is 20.1 Å². The van der Waals surface area contributed by atoms with E-state index in [0.717, 1.165) is 4.90 Å². The van der Waals surface area contributed by atoms with Gasteiger partial charge >= 0.3 is 0 Å². The highest BCUT2D eigenvalue weighted by Gasteiger charge is 2.08. The molecule has 0 aliphatic rings. The lowest BCUT2D eigenvalue weighted by Gasteiger charge is -2.06. The number of anilines is 2. The molecule has 0 aromatic heterocycles. The molecule has 0 unspecified atom stereocenters. The molecule has 0 bridgehead atoms. The topological polar surface area (TPSA) is 115 Å². The van der Waals surface area contributed by atoms with E-state index in [0.29, 0.717) is 11.4 Å². The Morgan fingerprint density at radius 3 is 2.18 bits per heavy atom. The zero-order valence-electron chi connectivity index (χ0n) is 11.5. The van der Waals surface area contributed by atoms with Crippen molar-refractivity contribution >= 4 is 39.1 Å². The summed E-state index contributed by atoms with van der Waals surface area (Å²) in [6.45, 7) is 0. The van der Waals surface area contributed by atoms with Crippen molar-refractivity contribution in [1.82, 2.24) is 0 Å². The lowest BCUT2D eigenvalue weighted by molar-refractivity contribution is -0.113. The summed E-state index contributed by atoms with van der Waals surface area (Å²) in [4.78, 5) is 12.8. The lowest BCUT2D eigenvalue weighted by Crippen LogP contribution is -2.15. The fraction of sp³-hybridized carbons (Fsp3) is 0.0714. The SMILES string of the molecule is Nc1ccc(SCC(=O)Nc2ccc(S(N)(=O)=O)cc2)cc1. The average Bonchev–Trinajstić information content (AvgIpc) is 2.46. The number of benzene rings is 2. The van der Waals surface area contributed by atoms with E-state index in [1.54, 1.807) is 12.1 Å². The van der Waals surface area contributed by atoms with Gasteiger partial charge < -0.3 is 11.1 Å². The van der Waals surface area contributed by atoms with Crippen molar-refractivity contribution in [3.05, 3.63) is 48.5 Å². The summed E-state index contributed by atoms with van der Waals surface area (Å²) in [6, 6.07) is 12.9. The summed E-state index contributed by atoms with van der Waals surface area (Å²) >= 11 is 1.38. The maximum Gasteiger partial charge on any atom is 0.238 e. The number of nitrogens with one attached hydrogen (secondary N) is 1. The van der Waals surface area contributed by atoms with Crippen molar-refractivity contribution in [2.24, 2.45) is 5.14 Å². The first-order chi connectivity index (χ1) is 10.3. The highest BCUT2D eigenvalue weighted by molar-refractivity contribution is 8.00. The van der Waals surface area contributed by atoms with Crippen LogP contribution < -0.4 is 16.2 Å². The van der Waals surface area contributed by atoms with Crippen molar-refractivity contribution in [3.8, 4) is 0 Å². The minimum absolute atomic E-state index is 0.00162. The van der Waals surface area contributed by atoms with Crippen LogP contribution in [-0.2, 0) is 14.8 Å². The number of primary sulfonamides is 1. The largest absolute Gasteiger partial charge is 0.399 e. The second-order valence-electron chi connectivity index (χ2n) is 4.48. The molecule has 0 saturated heterocycles. The second kappa shape index (κ2) is 6.82. The van der Waals surface area contributed by atoms with Gasteiger partial charge in [-0.25, -0.2) is 13.6 Å². The number of carbonyl (C=O) groups is 1. The Kier molecular flexibility index (Phi) is 5.07. The summed E-state index contributed by atoms with van der Waals surface area (Å²) in [5.41, 5.74) is 6.77. The fourth-order valence-electron chi connectivity index (χ4n) is 1.64. The molecule has 0 atom stereocenters. The Hall–Kier alpha value is -2.03. The Bertz CT molecular complexity index is 757. The molecule has 0 fully saturated rings. The van der Waals surface area contributed by atoms with Gasteiger partial charge in [-0.2, -0.15) is 0 Å². The standard InChI is InChI=1S/C14H15N3O3S2/c15-10-1-5-12(6-2-10)21-9-14(18)17-11-3-7-13(8-4-11)22(16,19)20/h1-8H,9,15H2,(H,17,18)(H2,16,19,20). The molecule has 2 aromatic rings. The number of amides is 1. The van der Waals surface area contributed by atoms with E-state index in [1.165, 1.54) is 36.0 Å². The van der Waals surface area contributed by atoms with Crippen molar-refractivity contribution < 1.29 is 13.2 Å². The Morgan fingerprint density at radius 2 is 1.64 bits per heavy atom. The third kappa shape index (κ3) is 4.76. The molecular weight excluding hydrogens is 322 g/mol. The fourth-order valence-corrected chi connectivity index (χ4v) is 2.85. The zero-order chi connectivity index (χ0) is 16.2. The van der Waals surface area contributed by atoms with E-state index in [1.807, 2.05) is 12.1 Å². The lowest BCUT2D eigenvalue weighted by atomic mass is 10.3. The van der Waals surface area contributed by atoms with Gasteiger partial charge in [-0.1, -0.05) is 0 Å². The molecule has 0 aliphatic heterocycles. The molecule has 0 aliphatic carbocycles. The van der Waals surface area contributed by atoms with Crippen molar-refractivity contribution in [2.75, 3.05) is 16.8 Å². The van der Waals surface area contributed by atoms with E-state index in [-0.39, 0.29) is 16.6 Å². The predicted octanol–water partition coefficient (Wildman–Crippen LogP) is 1.65. The van der Waals surface area contributed by atoms with E-state index in [2.05, 4.69) is 5.32 Å². The van der Waals surface area contributed by atoms with Crippen LogP contribution in [0.4, 0.5) is 11.4 Å². The van der Waals surface area contributed by atoms with Crippen molar-refractivity contribution in [2.45, 2.75) is 9.79 Å². The molecule has 2 aromatic carbocycles. The molecule has 6 nitrogen and oxygen atoms in total. The number of hydrogen-bond acceptors (Lipinski definition) is 5. The minimum Gasteiger partial charge on any atom is -0.399 e. The van der Waals surface area contributed by atoms with Gasteiger partial charge in [-0.15, -0.1) is 11.8 Å². The number of nitrogens with two attached hydrogens (primary N) is 2. The second-order valence-corrected chi connectivity index (χ2v) is 7.09. The Labute approximate surface area is 132 Å². The molecule has 5 N–H and O–H groups in total. The first-order valence-corrected chi connectivity index (χ1v) is 8.79. The number of carbonyl (C=O) groups excluding carboxylic acids is 1. The number of hydrogen-bond donors (Lipinski definition) is 3. The Balaban J connectivity index is 1.90. The van der Waals surface area contributed by atoms with Gasteiger partial charge in [-0.3, -0.25) is 4.79 Å². The Morgan fingerprint density at radius 1 is 1.05 bits per heavy atom. The zero-order valence-corrected chi connectivity index (χ0v) is 13.2. The van der Waals surface area contributed by atoms with Crippen LogP contribution >= 0.6 is 11.8 Å². The average molecular weight is 337 g/mol. The predicted molar refractivity (Wildman–Crippen MR) is 88.0 cm³/mol. The van der Waals surface area contributed by atoms with Gasteiger partial charge in [0.25, 0.3) is 0 Å². The van der Waals surface area contributed by atoms with Gasteiger partial charge in [0.1, 0.15) is 0 Å². The molecule has 0 spiro atoms. The van der Waals surface area contributed by atoms with E-state index < -0.39 is 10.0 Å². The van der Waals surface area contributed by atoms with Gasteiger partial charge in [0, 0.05) is 16.3 Å². The molecular formula is C14H15N3O3S2. The van der Waals surface area contributed by atoms with Crippen LogP contribution in [0.15, 0.2) is 58.3 Å². The first-order valence-electron chi connectivity index (χ1n) is 6.26. The van der Waals surface area contributed by atoms with Crippen LogP contribution in [0.5, 0.6) is 0 Å². The number of thioether (sulfide) groups is 1. The maximum absolute atomic E-state index is 11.8. The highest BCUT2D eigenvalue weighted by Crippen LogP contribution is 2.19. The summed E-state index contributed by atoms with van der Waals surface area (Å²) < 4.78 is 22.3. The van der Waals surface area contributed by atoms with Gasteiger partial charge in [0.05, 0.1) is 10.6 Å². The first kappa shape index (κ1) is 16.3. The van der Waals surface area contributed by atoms with Crippen LogP contribution in [0, 0.1) is 0 Å². The van der Waals surface area contributed by atoms with Gasteiger partial charge in [-0.05, 0) is 48.5 Å². The maximum atomic E-state index is 11.8. The molecule has 22 heavy (non-hydrogen) atoms. The van der Waals surface area contributed by atoms with Crippen LogP contribution in [0.3, 0.4) is 0 Å². The molecule has 2 rings (SSSR count). The summed E-state index contributed by atoms with van der Waals surface area (Å²) in [5.74, 6) is 0.0473. The van der Waals surface area contributed by atoms with Crippen LogP contribution in [0.1, 0.15) is 0 Å². The molecule has 8 heteroatoms. The summed E-state index contributed by atoms with van der Waals surface area (Å²) in [7, 11) is -3.72. The monoisotopic (exact) mass is 337 g/mol. The third-order valence-corrected chi connectivity index (χ3v) is 4.66. The molecule has 1 amide bonds. The number of sulfonamides is 1. The third-order valence-electron chi connectivity index (χ3n) is 2.72. The summed E-state index contributed by atoms with van der Waals surface area (Å²) in [6.07, 6.45) is 0. The molecule has 116 valence electrons. The van der Waals surface area contributed by atoms with Crippen molar-refractivity contribution in [3.63, 3.8) is 0 Å². The number of nitrogen functional groups attached to an aromatic ring is 1. The molecule has 0 radical (unpaired) electrons. The van der Waals surface area contributed by atoms with Crippen LogP contribution in [0.25, 0.3) is 0 Å². The molecule has 0 heterocycles. The smallest absolute Gasteiger partial charge is 0.238 e. The minimum atomic E-state index is -3.72. The number of rotatable bonds is 5. The van der Waals surface area contributed by atoms with Gasteiger partial charge in [0.2, 0.25) is 15.9 Å². The van der Waals surface area contributed by atoms with E-state index >= 15 is 0 Å². The van der Waals surface area contributed by atoms with Crippen molar-refractivity contribution in [1.29, 1.82) is 0 Å². The molecule has 0 saturated carbocycles. The quantitative estimate of drug-likeness (QED) is 0.567. The van der Waals surface area contributed by atoms with E-state index in [4.69, 9.17) is 10.9 Å². The summed E-state index contributed by atoms with van der Waals surface area (Å²) in [5, 5.41) is 7.69. The highest BCUT2D eigenvalue weighted by atomic mass is 32.2.